The molecule has 1 unspecified atom stereocenters. The van der Waals surface area contributed by atoms with Gasteiger partial charge >= 0.3 is 0 Å². The normalized spacial score (nSPS) is 18.9. The molecule has 1 fully saturated rings. The van der Waals surface area contributed by atoms with Crippen molar-refractivity contribution in [3.8, 4) is 0 Å². The minimum atomic E-state index is -0.801. The predicted octanol–water partition coefficient (Wildman–Crippen LogP) is 4.35. The first-order valence-electron chi connectivity index (χ1n) is 7.95. The maximum absolute atomic E-state index is 13.6. The Morgan fingerprint density at radius 1 is 1.19 bits per heavy atom. The Morgan fingerprint density at radius 3 is 2.48 bits per heavy atom. The monoisotopic (exact) mass is 297 g/mol. The molecule has 0 heterocycles. The smallest absolute Gasteiger partial charge is 0.159 e. The summed E-state index contributed by atoms with van der Waals surface area (Å²) in [6.45, 7) is 5.55. The van der Waals surface area contributed by atoms with Gasteiger partial charge in [0.2, 0.25) is 0 Å². The average Bonchev–Trinajstić information content (AvgIpc) is 2.93. The lowest BCUT2D eigenvalue weighted by atomic mass is 9.86. The zero-order chi connectivity index (χ0) is 15.3. The first kappa shape index (κ1) is 16.4. The number of hydrogen-bond donors (Lipinski definition) is 1. The van der Waals surface area contributed by atoms with E-state index < -0.39 is 11.6 Å². The lowest BCUT2D eigenvalue weighted by Gasteiger charge is -2.38. The SMILES string of the molecule is CCCNC(c1ccc(F)c(F)c1)C1(OCC)CCCC1. The number of hydrogen-bond acceptors (Lipinski definition) is 2. The molecule has 1 saturated carbocycles. The van der Waals surface area contributed by atoms with Gasteiger partial charge in [0.05, 0.1) is 11.6 Å². The van der Waals surface area contributed by atoms with E-state index in [4.69, 9.17) is 4.74 Å². The number of halogens is 2. The van der Waals surface area contributed by atoms with Gasteiger partial charge in [-0.25, -0.2) is 8.78 Å². The van der Waals surface area contributed by atoms with Crippen LogP contribution in [-0.2, 0) is 4.74 Å². The van der Waals surface area contributed by atoms with Crippen LogP contribution in [0.4, 0.5) is 8.78 Å². The van der Waals surface area contributed by atoms with E-state index in [0.29, 0.717) is 6.61 Å². The molecule has 1 aliphatic rings. The minimum absolute atomic E-state index is 0.0880. The molecule has 0 saturated heterocycles. The first-order chi connectivity index (χ1) is 10.1. The minimum Gasteiger partial charge on any atom is -0.373 e. The van der Waals surface area contributed by atoms with E-state index in [0.717, 1.165) is 44.2 Å². The highest BCUT2D eigenvalue weighted by Crippen LogP contribution is 2.43. The molecule has 2 nitrogen and oxygen atoms in total. The van der Waals surface area contributed by atoms with Gasteiger partial charge in [-0.05, 0) is 50.4 Å². The fourth-order valence-corrected chi connectivity index (χ4v) is 3.37. The van der Waals surface area contributed by atoms with Gasteiger partial charge in [-0.15, -0.1) is 0 Å². The standard InChI is InChI=1S/C17H25F2NO/c1-3-11-20-16(13-7-8-14(18)15(19)12-13)17(21-4-2)9-5-6-10-17/h7-8,12,16,20H,3-6,9-11H2,1-2H3. The van der Waals surface area contributed by atoms with Crippen molar-refractivity contribution < 1.29 is 13.5 Å². The summed E-state index contributed by atoms with van der Waals surface area (Å²) in [4.78, 5) is 0. The molecule has 118 valence electrons. The van der Waals surface area contributed by atoms with Crippen LogP contribution in [0, 0.1) is 11.6 Å². The van der Waals surface area contributed by atoms with Gasteiger partial charge in [-0.2, -0.15) is 0 Å². The largest absolute Gasteiger partial charge is 0.373 e. The summed E-state index contributed by atoms with van der Waals surface area (Å²) in [5.41, 5.74) is 0.478. The zero-order valence-electron chi connectivity index (χ0n) is 12.9. The van der Waals surface area contributed by atoms with Gasteiger partial charge in [0.15, 0.2) is 11.6 Å². The van der Waals surface area contributed by atoms with E-state index in [9.17, 15) is 8.78 Å². The molecule has 1 aliphatic carbocycles. The van der Waals surface area contributed by atoms with Gasteiger partial charge in [-0.1, -0.05) is 25.8 Å². The molecule has 0 radical (unpaired) electrons. The van der Waals surface area contributed by atoms with Crippen molar-refractivity contribution in [1.29, 1.82) is 0 Å². The van der Waals surface area contributed by atoms with Crippen molar-refractivity contribution in [2.75, 3.05) is 13.2 Å². The van der Waals surface area contributed by atoms with E-state index >= 15 is 0 Å². The van der Waals surface area contributed by atoms with Crippen LogP contribution in [0.15, 0.2) is 18.2 Å². The molecule has 4 heteroatoms. The zero-order valence-corrected chi connectivity index (χ0v) is 12.9. The third-order valence-corrected chi connectivity index (χ3v) is 4.28. The molecular weight excluding hydrogens is 272 g/mol. The Morgan fingerprint density at radius 2 is 1.90 bits per heavy atom. The van der Waals surface area contributed by atoms with Crippen molar-refractivity contribution >= 4 is 0 Å². The Balaban J connectivity index is 2.33. The molecule has 1 aromatic carbocycles. The summed E-state index contributed by atoms with van der Waals surface area (Å²) >= 11 is 0. The number of ether oxygens (including phenoxy) is 1. The molecule has 21 heavy (non-hydrogen) atoms. The van der Waals surface area contributed by atoms with E-state index in [-0.39, 0.29) is 11.6 Å². The molecule has 0 aromatic heterocycles. The van der Waals surface area contributed by atoms with Gasteiger partial charge in [0, 0.05) is 6.61 Å². The maximum atomic E-state index is 13.6. The third-order valence-electron chi connectivity index (χ3n) is 4.28. The maximum Gasteiger partial charge on any atom is 0.159 e. The lowest BCUT2D eigenvalue weighted by molar-refractivity contribution is -0.0626. The van der Waals surface area contributed by atoms with E-state index in [2.05, 4.69) is 12.2 Å². The predicted molar refractivity (Wildman–Crippen MR) is 80.2 cm³/mol. The van der Waals surface area contributed by atoms with Crippen LogP contribution in [0.5, 0.6) is 0 Å². The highest BCUT2D eigenvalue weighted by atomic mass is 19.2. The molecule has 0 bridgehead atoms. The van der Waals surface area contributed by atoms with Crippen molar-refractivity contribution in [3.63, 3.8) is 0 Å². The Hall–Kier alpha value is -1.00. The number of benzene rings is 1. The molecule has 1 atom stereocenters. The van der Waals surface area contributed by atoms with Crippen LogP contribution in [0.1, 0.15) is 57.6 Å². The molecule has 0 aliphatic heterocycles. The van der Waals surface area contributed by atoms with Crippen molar-refractivity contribution in [1.82, 2.24) is 5.32 Å². The molecule has 0 amide bonds. The molecule has 1 N–H and O–H groups in total. The summed E-state index contributed by atoms with van der Waals surface area (Å²) in [6, 6.07) is 4.10. The first-order valence-corrected chi connectivity index (χ1v) is 7.95. The molecule has 1 aromatic rings. The van der Waals surface area contributed by atoms with Gasteiger partial charge in [0.25, 0.3) is 0 Å². The molecule has 0 spiro atoms. The van der Waals surface area contributed by atoms with Crippen LogP contribution in [-0.4, -0.2) is 18.8 Å². The summed E-state index contributed by atoms with van der Waals surface area (Å²) in [6.07, 6.45) is 5.15. The number of rotatable bonds is 7. The third kappa shape index (κ3) is 3.61. The summed E-state index contributed by atoms with van der Waals surface area (Å²) in [7, 11) is 0. The van der Waals surface area contributed by atoms with Gasteiger partial charge in [0.1, 0.15) is 0 Å². The Labute approximate surface area is 125 Å². The van der Waals surface area contributed by atoms with Gasteiger partial charge < -0.3 is 10.1 Å². The average molecular weight is 297 g/mol. The van der Waals surface area contributed by atoms with Crippen LogP contribution in [0.25, 0.3) is 0 Å². The second-order valence-corrected chi connectivity index (χ2v) is 5.77. The quantitative estimate of drug-likeness (QED) is 0.807. The van der Waals surface area contributed by atoms with Crippen molar-refractivity contribution in [2.24, 2.45) is 0 Å². The Kier molecular flexibility index (Phi) is 5.71. The van der Waals surface area contributed by atoms with E-state index in [1.807, 2.05) is 6.92 Å². The summed E-state index contributed by atoms with van der Waals surface area (Å²) < 4.78 is 32.9. The van der Waals surface area contributed by atoms with Crippen LogP contribution < -0.4 is 5.32 Å². The van der Waals surface area contributed by atoms with E-state index in [1.54, 1.807) is 6.07 Å². The second kappa shape index (κ2) is 7.32. The van der Waals surface area contributed by atoms with Crippen LogP contribution in [0.2, 0.25) is 0 Å². The molecular formula is C17H25F2NO. The molecule has 2 rings (SSSR count). The van der Waals surface area contributed by atoms with Crippen LogP contribution in [0.3, 0.4) is 0 Å². The van der Waals surface area contributed by atoms with E-state index in [1.165, 1.54) is 12.1 Å². The fraction of sp³-hybridized carbons (Fsp3) is 0.647. The van der Waals surface area contributed by atoms with Crippen LogP contribution >= 0.6 is 0 Å². The van der Waals surface area contributed by atoms with Crippen molar-refractivity contribution in [2.45, 2.75) is 57.6 Å². The highest BCUT2D eigenvalue weighted by Gasteiger charge is 2.42. The highest BCUT2D eigenvalue weighted by molar-refractivity contribution is 5.25. The lowest BCUT2D eigenvalue weighted by Crippen LogP contribution is -2.44. The summed E-state index contributed by atoms with van der Waals surface area (Å²) in [5, 5.41) is 3.49. The van der Waals surface area contributed by atoms with Gasteiger partial charge in [-0.3, -0.25) is 0 Å². The van der Waals surface area contributed by atoms with Crippen molar-refractivity contribution in [3.05, 3.63) is 35.4 Å². The topological polar surface area (TPSA) is 21.3 Å². The fourth-order valence-electron chi connectivity index (χ4n) is 3.37. The second-order valence-electron chi connectivity index (χ2n) is 5.77. The number of nitrogens with one attached hydrogen (secondary N) is 1. The Bertz CT molecular complexity index is 458. The summed E-state index contributed by atoms with van der Waals surface area (Å²) in [5.74, 6) is -1.59.